The first-order chi connectivity index (χ1) is 9.58. The summed E-state index contributed by atoms with van der Waals surface area (Å²) in [6.07, 6.45) is 1.28. The number of halogens is 3. The molecule has 100 valence electrons. The Morgan fingerprint density at radius 3 is 2.65 bits per heavy atom. The van der Waals surface area contributed by atoms with Gasteiger partial charge >= 0.3 is 0 Å². The Hall–Kier alpha value is -1.91. The molecule has 20 heavy (non-hydrogen) atoms. The molecule has 6 heteroatoms. The molecule has 0 saturated heterocycles. The summed E-state index contributed by atoms with van der Waals surface area (Å²) in [6, 6.07) is 7.42. The van der Waals surface area contributed by atoms with Crippen LogP contribution in [0.2, 0.25) is 10.0 Å². The van der Waals surface area contributed by atoms with E-state index in [1.54, 1.807) is 12.1 Å². The lowest BCUT2D eigenvalue weighted by Crippen LogP contribution is -2.08. The third-order valence-electron chi connectivity index (χ3n) is 2.97. The van der Waals surface area contributed by atoms with Gasteiger partial charge in [-0.2, -0.15) is 0 Å². The van der Waals surface area contributed by atoms with Crippen LogP contribution in [-0.4, -0.2) is 9.97 Å². The first-order valence-electron chi connectivity index (χ1n) is 5.69. The van der Waals surface area contributed by atoms with Gasteiger partial charge in [-0.25, -0.2) is 9.37 Å². The number of rotatable bonds is 1. The van der Waals surface area contributed by atoms with Crippen molar-refractivity contribution in [2.24, 2.45) is 0 Å². The third-order valence-corrected chi connectivity index (χ3v) is 3.71. The maximum absolute atomic E-state index is 14.2. The van der Waals surface area contributed by atoms with Crippen molar-refractivity contribution in [3.63, 3.8) is 0 Å². The van der Waals surface area contributed by atoms with Gasteiger partial charge in [0.2, 0.25) is 0 Å². The van der Waals surface area contributed by atoms with Gasteiger partial charge in [-0.05, 0) is 29.8 Å². The number of hydrogen-bond donors (Lipinski definition) is 1. The third kappa shape index (κ3) is 2.07. The quantitative estimate of drug-likeness (QED) is 0.737. The highest BCUT2D eigenvalue weighted by Crippen LogP contribution is 2.32. The summed E-state index contributed by atoms with van der Waals surface area (Å²) in [4.78, 5) is 18.4. The molecule has 0 saturated carbocycles. The molecule has 0 aliphatic carbocycles. The largest absolute Gasteiger partial charge is 0.313 e. The number of fused-ring (bicyclic) bond motifs is 1. The lowest BCUT2D eigenvalue weighted by Gasteiger charge is -2.08. The maximum atomic E-state index is 14.2. The lowest BCUT2D eigenvalue weighted by atomic mass is 10.0. The topological polar surface area (TPSA) is 45.8 Å². The number of nitrogens with one attached hydrogen (secondary N) is 1. The molecule has 1 heterocycles. The van der Waals surface area contributed by atoms with Gasteiger partial charge in [-0.3, -0.25) is 4.79 Å². The van der Waals surface area contributed by atoms with E-state index in [1.165, 1.54) is 24.5 Å². The van der Waals surface area contributed by atoms with Gasteiger partial charge < -0.3 is 4.98 Å². The van der Waals surface area contributed by atoms with Gasteiger partial charge in [-0.15, -0.1) is 0 Å². The van der Waals surface area contributed by atoms with Crippen molar-refractivity contribution < 1.29 is 4.39 Å². The average Bonchev–Trinajstić information content (AvgIpc) is 2.43. The maximum Gasteiger partial charge on any atom is 0.259 e. The van der Waals surface area contributed by atoms with Crippen LogP contribution in [0.1, 0.15) is 0 Å². The van der Waals surface area contributed by atoms with Crippen molar-refractivity contribution in [3.8, 4) is 11.1 Å². The summed E-state index contributed by atoms with van der Waals surface area (Å²) in [7, 11) is 0. The minimum Gasteiger partial charge on any atom is -0.313 e. The van der Waals surface area contributed by atoms with Gasteiger partial charge in [0.25, 0.3) is 5.56 Å². The fourth-order valence-electron chi connectivity index (χ4n) is 2.07. The number of H-pyrrole nitrogens is 1. The molecule has 1 aromatic heterocycles. The van der Waals surface area contributed by atoms with Crippen LogP contribution in [0.3, 0.4) is 0 Å². The molecule has 3 rings (SSSR count). The van der Waals surface area contributed by atoms with E-state index in [1.807, 2.05) is 0 Å². The summed E-state index contributed by atoms with van der Waals surface area (Å²) in [5.74, 6) is -0.519. The monoisotopic (exact) mass is 308 g/mol. The summed E-state index contributed by atoms with van der Waals surface area (Å²) in [5.41, 5.74) is 0.642. The Morgan fingerprint density at radius 1 is 1.10 bits per heavy atom. The summed E-state index contributed by atoms with van der Waals surface area (Å²) < 4.78 is 14.2. The van der Waals surface area contributed by atoms with Crippen LogP contribution >= 0.6 is 23.2 Å². The molecular weight excluding hydrogens is 302 g/mol. The lowest BCUT2D eigenvalue weighted by molar-refractivity contribution is 0.632. The highest BCUT2D eigenvalue weighted by molar-refractivity contribution is 6.42. The molecule has 3 nitrogen and oxygen atoms in total. The molecule has 0 unspecified atom stereocenters. The predicted molar refractivity (Wildman–Crippen MR) is 77.8 cm³/mol. The van der Waals surface area contributed by atoms with Gasteiger partial charge in [0.05, 0.1) is 27.3 Å². The number of aromatic nitrogens is 2. The van der Waals surface area contributed by atoms with Crippen molar-refractivity contribution in [1.82, 2.24) is 9.97 Å². The van der Waals surface area contributed by atoms with Gasteiger partial charge in [0.1, 0.15) is 5.82 Å². The Balaban J connectivity index is 2.43. The molecule has 0 radical (unpaired) electrons. The predicted octanol–water partition coefficient (Wildman–Crippen LogP) is 4.04. The first-order valence-corrected chi connectivity index (χ1v) is 6.45. The molecule has 3 aromatic rings. The molecule has 0 aliphatic rings. The van der Waals surface area contributed by atoms with E-state index < -0.39 is 11.4 Å². The second-order valence-electron chi connectivity index (χ2n) is 4.18. The van der Waals surface area contributed by atoms with Crippen molar-refractivity contribution in [3.05, 3.63) is 62.9 Å². The second-order valence-corrected chi connectivity index (χ2v) is 4.99. The fraction of sp³-hybridized carbons (Fsp3) is 0. The number of aromatic amines is 1. The Labute approximate surface area is 123 Å². The van der Waals surface area contributed by atoms with Crippen LogP contribution in [0.15, 0.2) is 41.5 Å². The molecule has 0 spiro atoms. The van der Waals surface area contributed by atoms with Gasteiger partial charge in [0, 0.05) is 5.56 Å². The van der Waals surface area contributed by atoms with Crippen molar-refractivity contribution in [1.29, 1.82) is 0 Å². The smallest absolute Gasteiger partial charge is 0.259 e. The number of hydrogen-bond acceptors (Lipinski definition) is 2. The van der Waals surface area contributed by atoms with Crippen molar-refractivity contribution in [2.45, 2.75) is 0 Å². The van der Waals surface area contributed by atoms with Crippen LogP contribution < -0.4 is 5.56 Å². The van der Waals surface area contributed by atoms with E-state index >= 15 is 0 Å². The zero-order valence-electron chi connectivity index (χ0n) is 9.95. The molecular formula is C14H7Cl2FN2O. The minimum atomic E-state index is -0.519. The first kappa shape index (κ1) is 13.1. The average molecular weight is 309 g/mol. The van der Waals surface area contributed by atoms with Crippen LogP contribution in [-0.2, 0) is 0 Å². The van der Waals surface area contributed by atoms with Crippen LogP contribution in [0.25, 0.3) is 22.0 Å². The number of benzene rings is 2. The van der Waals surface area contributed by atoms with E-state index in [-0.39, 0.29) is 10.9 Å². The Kier molecular flexibility index (Phi) is 3.20. The fourth-order valence-corrected chi connectivity index (χ4v) is 2.37. The van der Waals surface area contributed by atoms with E-state index in [4.69, 9.17) is 23.2 Å². The molecule has 0 amide bonds. The molecule has 0 aliphatic heterocycles. The van der Waals surface area contributed by atoms with E-state index in [0.29, 0.717) is 21.1 Å². The standard InChI is InChI=1S/C14H7Cl2FN2O/c15-8-2-1-7(5-9(8)16)12-10(17)3-4-11-13(12)14(20)19-6-18-11/h1-6H,(H,18,19,20). The molecule has 1 N–H and O–H groups in total. The SMILES string of the molecule is O=c1[nH]cnc2ccc(F)c(-c3ccc(Cl)c(Cl)c3)c12. The zero-order chi connectivity index (χ0) is 14.3. The van der Waals surface area contributed by atoms with Gasteiger partial charge in [0.15, 0.2) is 0 Å². The Bertz CT molecular complexity index is 877. The van der Waals surface area contributed by atoms with Crippen LogP contribution in [0, 0.1) is 5.82 Å². The van der Waals surface area contributed by atoms with Crippen LogP contribution in [0.5, 0.6) is 0 Å². The summed E-state index contributed by atoms with van der Waals surface area (Å²) >= 11 is 11.8. The van der Waals surface area contributed by atoms with Gasteiger partial charge in [-0.1, -0.05) is 29.3 Å². The Morgan fingerprint density at radius 2 is 1.90 bits per heavy atom. The van der Waals surface area contributed by atoms with Crippen LogP contribution in [0.4, 0.5) is 4.39 Å². The second kappa shape index (κ2) is 4.89. The summed E-state index contributed by atoms with van der Waals surface area (Å²) in [5, 5.41) is 0.842. The highest BCUT2D eigenvalue weighted by Gasteiger charge is 2.14. The highest BCUT2D eigenvalue weighted by atomic mass is 35.5. The summed E-state index contributed by atoms with van der Waals surface area (Å²) in [6.45, 7) is 0. The normalized spacial score (nSPS) is 10.9. The zero-order valence-corrected chi connectivity index (χ0v) is 11.5. The van der Waals surface area contributed by atoms with E-state index in [0.717, 1.165) is 0 Å². The van der Waals surface area contributed by atoms with E-state index in [9.17, 15) is 9.18 Å². The molecule has 0 fully saturated rings. The van der Waals surface area contributed by atoms with Crippen molar-refractivity contribution in [2.75, 3.05) is 0 Å². The molecule has 0 atom stereocenters. The number of nitrogens with zero attached hydrogens (tertiary/aromatic N) is 1. The molecule has 2 aromatic carbocycles. The minimum absolute atomic E-state index is 0.162. The van der Waals surface area contributed by atoms with Crippen molar-refractivity contribution >= 4 is 34.1 Å². The molecule has 0 bridgehead atoms. The van der Waals surface area contributed by atoms with E-state index in [2.05, 4.69) is 9.97 Å².